The van der Waals surface area contributed by atoms with E-state index in [4.69, 9.17) is 23.8 Å². The van der Waals surface area contributed by atoms with E-state index in [1.807, 2.05) is 60.7 Å². The molecule has 2 aliphatic rings. The number of para-hydroxylation sites is 2. The van der Waals surface area contributed by atoms with Gasteiger partial charge in [0.2, 0.25) is 0 Å². The largest absolute Gasteiger partial charge is 0.456 e. The molecule has 1 spiro atoms. The highest BCUT2D eigenvalue weighted by Gasteiger charge is 2.43. The number of hydrogen-bond donors (Lipinski definition) is 0. The first-order valence-electron chi connectivity index (χ1n) is 21.7. The maximum Gasteiger partial charge on any atom is 0.164 e. The fourth-order valence-electron chi connectivity index (χ4n) is 10.7. The van der Waals surface area contributed by atoms with Crippen LogP contribution < -0.4 is 0 Å². The van der Waals surface area contributed by atoms with Crippen LogP contribution in [0, 0.1) is 0 Å². The molecule has 3 aromatic heterocycles. The number of benzene rings is 8. The maximum absolute atomic E-state index is 6.30. The predicted octanol–water partition coefficient (Wildman–Crippen LogP) is 15.2. The first-order valence-corrected chi connectivity index (χ1v) is 21.7. The first-order chi connectivity index (χ1) is 30.7. The highest BCUT2D eigenvalue weighted by atomic mass is 16.3. The van der Waals surface area contributed by atoms with Crippen molar-refractivity contribution >= 4 is 43.9 Å². The third-order valence-corrected chi connectivity index (χ3v) is 13.6. The molecular weight excluding hydrogens is 759 g/mol. The lowest BCUT2D eigenvalue weighted by molar-refractivity contribution is 0.353. The SMILES string of the molecule is c1ccc2c(c1)-c1ccc(-c3ccc(-c4ccc(-c5nc(-c6cccc7oc8ccccc8c67)nc(-c6cccc7oc8ccccc8c67)n5)cc4)cc3)cc1C21CCCCC1. The van der Waals surface area contributed by atoms with E-state index in [0.717, 1.165) is 71.7 Å². The van der Waals surface area contributed by atoms with E-state index in [1.54, 1.807) is 0 Å². The molecule has 5 heteroatoms. The Balaban J connectivity index is 0.885. The molecule has 0 saturated heterocycles. The van der Waals surface area contributed by atoms with Gasteiger partial charge < -0.3 is 8.83 Å². The van der Waals surface area contributed by atoms with Gasteiger partial charge in [-0.15, -0.1) is 0 Å². The number of aromatic nitrogens is 3. The second-order valence-electron chi connectivity index (χ2n) is 17.0. The topological polar surface area (TPSA) is 65.0 Å². The molecule has 1 saturated carbocycles. The number of nitrogens with zero attached hydrogens (tertiary/aromatic N) is 3. The highest BCUT2D eigenvalue weighted by molar-refractivity contribution is 6.13. The van der Waals surface area contributed by atoms with E-state index < -0.39 is 0 Å². The van der Waals surface area contributed by atoms with Crippen molar-refractivity contribution in [1.82, 2.24) is 15.0 Å². The van der Waals surface area contributed by atoms with Gasteiger partial charge in [0.15, 0.2) is 17.5 Å². The van der Waals surface area contributed by atoms with E-state index in [0.29, 0.717) is 17.5 Å². The lowest BCUT2D eigenvalue weighted by Crippen LogP contribution is -2.28. The highest BCUT2D eigenvalue weighted by Crippen LogP contribution is 2.56. The number of furan rings is 2. The van der Waals surface area contributed by atoms with Crippen molar-refractivity contribution in [1.29, 1.82) is 0 Å². The van der Waals surface area contributed by atoms with Gasteiger partial charge in [0.25, 0.3) is 0 Å². The van der Waals surface area contributed by atoms with Crippen molar-refractivity contribution in [3.05, 3.63) is 187 Å². The van der Waals surface area contributed by atoms with Gasteiger partial charge in [0.1, 0.15) is 22.3 Å². The Kier molecular flexibility index (Phi) is 7.77. The molecule has 294 valence electrons. The Morgan fingerprint density at radius 2 is 0.790 bits per heavy atom. The van der Waals surface area contributed by atoms with E-state index in [9.17, 15) is 0 Å². The van der Waals surface area contributed by atoms with Crippen LogP contribution in [-0.2, 0) is 5.41 Å². The van der Waals surface area contributed by atoms with Gasteiger partial charge in [-0.2, -0.15) is 0 Å². The Labute approximate surface area is 358 Å². The summed E-state index contributed by atoms with van der Waals surface area (Å²) >= 11 is 0. The molecule has 5 nitrogen and oxygen atoms in total. The lowest BCUT2D eigenvalue weighted by Gasteiger charge is -2.36. The summed E-state index contributed by atoms with van der Waals surface area (Å²) in [5, 5.41) is 4.01. The van der Waals surface area contributed by atoms with E-state index in [-0.39, 0.29) is 5.41 Å². The zero-order valence-electron chi connectivity index (χ0n) is 33.9. The second-order valence-corrected chi connectivity index (χ2v) is 17.0. The molecule has 3 heterocycles. The van der Waals surface area contributed by atoms with Crippen molar-refractivity contribution in [3.8, 4) is 67.5 Å². The van der Waals surface area contributed by atoms with Crippen LogP contribution in [-0.4, -0.2) is 15.0 Å². The van der Waals surface area contributed by atoms with Gasteiger partial charge >= 0.3 is 0 Å². The monoisotopic (exact) mass is 797 g/mol. The van der Waals surface area contributed by atoms with Crippen LogP contribution >= 0.6 is 0 Å². The van der Waals surface area contributed by atoms with Crippen LogP contribution in [0.5, 0.6) is 0 Å². The van der Waals surface area contributed by atoms with Crippen molar-refractivity contribution in [2.24, 2.45) is 0 Å². The predicted molar refractivity (Wildman–Crippen MR) is 251 cm³/mol. The van der Waals surface area contributed by atoms with Crippen LogP contribution in [0.1, 0.15) is 43.2 Å². The van der Waals surface area contributed by atoms with E-state index >= 15 is 0 Å². The molecule has 0 amide bonds. The van der Waals surface area contributed by atoms with Crippen LogP contribution in [0.2, 0.25) is 0 Å². The third kappa shape index (κ3) is 5.37. The van der Waals surface area contributed by atoms with Crippen molar-refractivity contribution in [3.63, 3.8) is 0 Å². The molecule has 11 aromatic rings. The fraction of sp³-hybridized carbons (Fsp3) is 0.105. The number of fused-ring (bicyclic) bond motifs is 11. The molecule has 0 N–H and O–H groups in total. The summed E-state index contributed by atoms with van der Waals surface area (Å²) in [5.74, 6) is 1.75. The third-order valence-electron chi connectivity index (χ3n) is 13.6. The van der Waals surface area contributed by atoms with Gasteiger partial charge in [0, 0.05) is 43.7 Å². The molecular formula is C57H39N3O2. The van der Waals surface area contributed by atoms with Crippen LogP contribution in [0.4, 0.5) is 0 Å². The summed E-state index contributed by atoms with van der Waals surface area (Å²) < 4.78 is 12.6. The zero-order chi connectivity index (χ0) is 40.8. The van der Waals surface area contributed by atoms with Gasteiger partial charge in [-0.25, -0.2) is 15.0 Å². The molecule has 0 radical (unpaired) electrons. The number of rotatable bonds is 5. The van der Waals surface area contributed by atoms with Gasteiger partial charge in [-0.05, 0) is 87.7 Å². The molecule has 0 aliphatic heterocycles. The van der Waals surface area contributed by atoms with Crippen LogP contribution in [0.25, 0.3) is 111 Å². The Morgan fingerprint density at radius 1 is 0.339 bits per heavy atom. The Hall–Kier alpha value is -7.63. The second kappa shape index (κ2) is 13.7. The molecule has 13 rings (SSSR count). The summed E-state index contributed by atoms with van der Waals surface area (Å²) in [7, 11) is 0. The quantitative estimate of drug-likeness (QED) is 0.174. The summed E-state index contributed by atoms with van der Waals surface area (Å²) in [6.07, 6.45) is 6.38. The standard InChI is InChI=1S/C57H39N3O2/c1-8-32-57(33-9-1)46-17-5-2-12-40(46)41-31-30-39(34-47(41)57)37-24-22-35(23-25-37)36-26-28-38(29-27-36)54-58-55(44-15-10-20-50-52(44)42-13-3-6-18-48(42)61-50)60-56(59-54)45-16-11-21-51-53(45)43-14-4-7-19-49(43)62-51/h2-7,10-31,34H,1,8-9,32-33H2. The molecule has 0 atom stereocenters. The summed E-state index contributed by atoms with van der Waals surface area (Å²) in [5.41, 5.74) is 16.8. The summed E-state index contributed by atoms with van der Waals surface area (Å²) in [6.45, 7) is 0. The molecule has 1 fully saturated rings. The minimum atomic E-state index is 0.143. The van der Waals surface area contributed by atoms with Gasteiger partial charge in [-0.3, -0.25) is 0 Å². The molecule has 2 aliphatic carbocycles. The van der Waals surface area contributed by atoms with E-state index in [2.05, 4.69) is 115 Å². The fourth-order valence-corrected chi connectivity index (χ4v) is 10.7. The molecule has 0 unspecified atom stereocenters. The average molecular weight is 798 g/mol. The first kappa shape index (κ1) is 35.2. The molecule has 8 aromatic carbocycles. The Morgan fingerprint density at radius 3 is 1.40 bits per heavy atom. The normalized spacial score (nSPS) is 14.3. The molecule has 62 heavy (non-hydrogen) atoms. The van der Waals surface area contributed by atoms with Crippen molar-refractivity contribution in [2.45, 2.75) is 37.5 Å². The smallest absolute Gasteiger partial charge is 0.164 e. The minimum absolute atomic E-state index is 0.143. The van der Waals surface area contributed by atoms with E-state index in [1.165, 1.54) is 65.5 Å². The minimum Gasteiger partial charge on any atom is -0.456 e. The van der Waals surface area contributed by atoms with Crippen LogP contribution in [0.3, 0.4) is 0 Å². The Bertz CT molecular complexity index is 3420. The molecule has 0 bridgehead atoms. The zero-order valence-corrected chi connectivity index (χ0v) is 33.9. The van der Waals surface area contributed by atoms with Gasteiger partial charge in [-0.1, -0.05) is 165 Å². The lowest BCUT2D eigenvalue weighted by atomic mass is 9.67. The van der Waals surface area contributed by atoms with Gasteiger partial charge in [0.05, 0.1) is 0 Å². The van der Waals surface area contributed by atoms with Crippen molar-refractivity contribution in [2.75, 3.05) is 0 Å². The summed E-state index contributed by atoms with van der Waals surface area (Å²) in [6, 6.07) is 62.3. The summed E-state index contributed by atoms with van der Waals surface area (Å²) in [4.78, 5) is 15.6. The van der Waals surface area contributed by atoms with Crippen molar-refractivity contribution < 1.29 is 8.83 Å². The average Bonchev–Trinajstić information content (AvgIpc) is 4.00. The number of hydrogen-bond acceptors (Lipinski definition) is 5. The van der Waals surface area contributed by atoms with Crippen LogP contribution in [0.15, 0.2) is 185 Å². The maximum atomic E-state index is 6.30.